The SMILES string of the molecule is CCNC(=NCC(C)N1CCc2ccccc2C1)NC1CC=CC1.I. The van der Waals surface area contributed by atoms with Gasteiger partial charge in [-0.25, -0.2) is 0 Å². The van der Waals surface area contributed by atoms with Crippen molar-refractivity contribution >= 4 is 29.9 Å². The highest BCUT2D eigenvalue weighted by Gasteiger charge is 2.20. The minimum atomic E-state index is 0. The van der Waals surface area contributed by atoms with Gasteiger partial charge in [-0.05, 0) is 44.2 Å². The van der Waals surface area contributed by atoms with Gasteiger partial charge in [0.2, 0.25) is 0 Å². The summed E-state index contributed by atoms with van der Waals surface area (Å²) in [5.74, 6) is 0.954. The Balaban J connectivity index is 0.00000225. The molecule has 0 radical (unpaired) electrons. The van der Waals surface area contributed by atoms with Gasteiger partial charge in [-0.15, -0.1) is 24.0 Å². The standard InChI is InChI=1S/C20H30N4.HI/c1-3-21-20(23-19-10-6-7-11-19)22-14-16(2)24-13-12-17-8-4-5-9-18(17)15-24;/h4-9,16,19H,3,10-15H2,1-2H3,(H2,21,22,23);1H. The molecule has 3 rings (SSSR count). The summed E-state index contributed by atoms with van der Waals surface area (Å²) in [6.07, 6.45) is 7.84. The van der Waals surface area contributed by atoms with Crippen LogP contribution in [0.1, 0.15) is 37.8 Å². The Morgan fingerprint density at radius 3 is 2.68 bits per heavy atom. The van der Waals surface area contributed by atoms with Crippen molar-refractivity contribution in [2.75, 3.05) is 19.6 Å². The number of benzene rings is 1. The lowest BCUT2D eigenvalue weighted by atomic mass is 9.99. The molecule has 1 aliphatic heterocycles. The van der Waals surface area contributed by atoms with E-state index in [0.29, 0.717) is 12.1 Å². The van der Waals surface area contributed by atoms with Crippen molar-refractivity contribution in [1.29, 1.82) is 0 Å². The lowest BCUT2D eigenvalue weighted by Gasteiger charge is -2.33. The number of halogens is 1. The second-order valence-electron chi connectivity index (χ2n) is 6.84. The van der Waals surface area contributed by atoms with Crippen molar-refractivity contribution in [2.24, 2.45) is 4.99 Å². The molecule has 1 atom stereocenters. The van der Waals surface area contributed by atoms with E-state index in [2.05, 4.69) is 65.8 Å². The molecule has 0 saturated heterocycles. The van der Waals surface area contributed by atoms with E-state index in [4.69, 9.17) is 4.99 Å². The summed E-state index contributed by atoms with van der Waals surface area (Å²) in [5, 5.41) is 6.92. The van der Waals surface area contributed by atoms with Crippen LogP contribution in [0.2, 0.25) is 0 Å². The number of rotatable bonds is 5. The Kier molecular flexibility index (Phi) is 8.22. The maximum Gasteiger partial charge on any atom is 0.191 e. The highest BCUT2D eigenvalue weighted by molar-refractivity contribution is 14.0. The molecule has 2 N–H and O–H groups in total. The summed E-state index contributed by atoms with van der Waals surface area (Å²) in [4.78, 5) is 7.38. The van der Waals surface area contributed by atoms with Crippen LogP contribution in [0.4, 0.5) is 0 Å². The number of nitrogens with one attached hydrogen (secondary N) is 2. The fraction of sp³-hybridized carbons (Fsp3) is 0.550. The fourth-order valence-electron chi connectivity index (χ4n) is 3.48. The van der Waals surface area contributed by atoms with Crippen molar-refractivity contribution in [3.63, 3.8) is 0 Å². The molecule has 0 spiro atoms. The van der Waals surface area contributed by atoms with Crippen molar-refractivity contribution < 1.29 is 0 Å². The average molecular weight is 454 g/mol. The third-order valence-corrected chi connectivity index (χ3v) is 4.99. The largest absolute Gasteiger partial charge is 0.357 e. The van der Waals surface area contributed by atoms with Crippen LogP contribution < -0.4 is 10.6 Å². The van der Waals surface area contributed by atoms with E-state index < -0.39 is 0 Å². The Bertz CT molecular complexity index is 591. The van der Waals surface area contributed by atoms with E-state index >= 15 is 0 Å². The number of hydrogen-bond donors (Lipinski definition) is 2. The summed E-state index contributed by atoms with van der Waals surface area (Å²) in [6.45, 7) is 8.32. The van der Waals surface area contributed by atoms with Crippen LogP contribution in [0.5, 0.6) is 0 Å². The quantitative estimate of drug-likeness (QED) is 0.311. The van der Waals surface area contributed by atoms with E-state index in [1.165, 1.54) is 11.1 Å². The van der Waals surface area contributed by atoms with Gasteiger partial charge in [0.25, 0.3) is 0 Å². The van der Waals surface area contributed by atoms with E-state index in [-0.39, 0.29) is 24.0 Å². The van der Waals surface area contributed by atoms with E-state index in [9.17, 15) is 0 Å². The lowest BCUT2D eigenvalue weighted by molar-refractivity contribution is 0.195. The molecule has 1 heterocycles. The van der Waals surface area contributed by atoms with Crippen LogP contribution in [0.15, 0.2) is 41.4 Å². The van der Waals surface area contributed by atoms with Gasteiger partial charge in [-0.1, -0.05) is 36.4 Å². The molecular weight excluding hydrogens is 423 g/mol. The molecule has 0 fully saturated rings. The molecule has 1 aromatic carbocycles. The molecule has 2 aliphatic rings. The Hall–Kier alpha value is -1.08. The molecular formula is C20H31IN4. The Morgan fingerprint density at radius 1 is 1.24 bits per heavy atom. The topological polar surface area (TPSA) is 39.7 Å². The fourth-order valence-corrected chi connectivity index (χ4v) is 3.48. The first kappa shape index (κ1) is 20.2. The van der Waals surface area contributed by atoms with Crippen molar-refractivity contribution in [1.82, 2.24) is 15.5 Å². The van der Waals surface area contributed by atoms with E-state index in [1.54, 1.807) is 0 Å². The highest BCUT2D eigenvalue weighted by Crippen LogP contribution is 2.20. The first-order valence-corrected chi connectivity index (χ1v) is 9.27. The number of nitrogens with zero attached hydrogens (tertiary/aromatic N) is 2. The summed E-state index contributed by atoms with van der Waals surface area (Å²) in [7, 11) is 0. The third-order valence-electron chi connectivity index (χ3n) is 4.99. The molecule has 1 aliphatic carbocycles. The minimum Gasteiger partial charge on any atom is -0.357 e. The molecule has 4 nitrogen and oxygen atoms in total. The molecule has 25 heavy (non-hydrogen) atoms. The van der Waals surface area contributed by atoms with Gasteiger partial charge in [0.1, 0.15) is 0 Å². The maximum atomic E-state index is 4.83. The molecule has 0 aromatic heterocycles. The summed E-state index contributed by atoms with van der Waals surface area (Å²) in [5.41, 5.74) is 2.98. The third kappa shape index (κ3) is 5.71. The smallest absolute Gasteiger partial charge is 0.191 e. The van der Waals surface area contributed by atoms with E-state index in [0.717, 1.165) is 51.4 Å². The van der Waals surface area contributed by atoms with Gasteiger partial charge >= 0.3 is 0 Å². The molecule has 0 saturated carbocycles. The Morgan fingerprint density at radius 2 is 1.96 bits per heavy atom. The van der Waals surface area contributed by atoms with Gasteiger partial charge in [0.15, 0.2) is 5.96 Å². The first-order valence-electron chi connectivity index (χ1n) is 9.27. The van der Waals surface area contributed by atoms with Crippen molar-refractivity contribution in [2.45, 2.75) is 51.7 Å². The summed E-state index contributed by atoms with van der Waals surface area (Å²) in [6, 6.07) is 9.77. The molecule has 1 unspecified atom stereocenters. The monoisotopic (exact) mass is 454 g/mol. The number of hydrogen-bond acceptors (Lipinski definition) is 2. The average Bonchev–Trinajstić information content (AvgIpc) is 3.12. The second-order valence-corrected chi connectivity index (χ2v) is 6.84. The van der Waals surface area contributed by atoms with Crippen molar-refractivity contribution in [3.8, 4) is 0 Å². The zero-order valence-corrected chi connectivity index (χ0v) is 17.7. The van der Waals surface area contributed by atoms with Crippen LogP contribution >= 0.6 is 24.0 Å². The van der Waals surface area contributed by atoms with Gasteiger partial charge < -0.3 is 10.6 Å². The number of fused-ring (bicyclic) bond motifs is 1. The lowest BCUT2D eigenvalue weighted by Crippen LogP contribution is -2.44. The van der Waals surface area contributed by atoms with Gasteiger partial charge in [-0.2, -0.15) is 0 Å². The van der Waals surface area contributed by atoms with Gasteiger partial charge in [0.05, 0.1) is 6.54 Å². The Labute approximate surface area is 169 Å². The minimum absolute atomic E-state index is 0. The maximum absolute atomic E-state index is 4.83. The summed E-state index contributed by atoms with van der Waals surface area (Å²) >= 11 is 0. The van der Waals surface area contributed by atoms with Gasteiger partial charge in [-0.3, -0.25) is 9.89 Å². The zero-order chi connectivity index (χ0) is 16.8. The van der Waals surface area contributed by atoms with Crippen LogP contribution in [0.25, 0.3) is 0 Å². The van der Waals surface area contributed by atoms with Crippen molar-refractivity contribution in [3.05, 3.63) is 47.5 Å². The van der Waals surface area contributed by atoms with Gasteiger partial charge in [0, 0.05) is 31.7 Å². The predicted molar refractivity (Wildman–Crippen MR) is 117 cm³/mol. The zero-order valence-electron chi connectivity index (χ0n) is 15.4. The highest BCUT2D eigenvalue weighted by atomic mass is 127. The van der Waals surface area contributed by atoms with Crippen LogP contribution in [0.3, 0.4) is 0 Å². The van der Waals surface area contributed by atoms with Crippen LogP contribution in [-0.4, -0.2) is 42.6 Å². The van der Waals surface area contributed by atoms with Crippen LogP contribution in [-0.2, 0) is 13.0 Å². The molecule has 1 aromatic rings. The first-order chi connectivity index (χ1) is 11.8. The molecule has 138 valence electrons. The number of guanidine groups is 1. The molecule has 0 bridgehead atoms. The molecule has 0 amide bonds. The van der Waals surface area contributed by atoms with Crippen LogP contribution in [0, 0.1) is 0 Å². The van der Waals surface area contributed by atoms with E-state index in [1.807, 2.05) is 0 Å². The summed E-state index contributed by atoms with van der Waals surface area (Å²) < 4.78 is 0. The number of aliphatic imine (C=N–C) groups is 1. The predicted octanol–water partition coefficient (Wildman–Crippen LogP) is 3.32. The second kappa shape index (κ2) is 10.2. The molecule has 5 heteroatoms. The normalized spacial score (nSPS) is 19.2.